The topological polar surface area (TPSA) is 53.0 Å². The van der Waals surface area contributed by atoms with Gasteiger partial charge in [0.05, 0.1) is 12.0 Å². The summed E-state index contributed by atoms with van der Waals surface area (Å²) in [4.78, 5) is 7.14. The first-order chi connectivity index (χ1) is 18.6. The van der Waals surface area contributed by atoms with Gasteiger partial charge >= 0.3 is 0 Å². The van der Waals surface area contributed by atoms with Gasteiger partial charge in [0.15, 0.2) is 0 Å². The quantitative estimate of drug-likeness (QED) is 0.300. The minimum absolute atomic E-state index is 0.00418. The zero-order chi connectivity index (χ0) is 29.2. The number of fused-ring (bicyclic) bond motifs is 1. The molecule has 0 bridgehead atoms. The van der Waals surface area contributed by atoms with Gasteiger partial charge in [-0.05, 0) is 86.1 Å². The van der Waals surface area contributed by atoms with Crippen LogP contribution in [0.4, 0.5) is 0 Å². The Morgan fingerprint density at radius 3 is 2.49 bits per heavy atom. The van der Waals surface area contributed by atoms with E-state index in [0.29, 0.717) is 18.1 Å². The Labute approximate surface area is 242 Å². The van der Waals surface area contributed by atoms with Gasteiger partial charge in [-0.1, -0.05) is 69.8 Å². The second kappa shape index (κ2) is 15.4. The van der Waals surface area contributed by atoms with E-state index in [1.54, 1.807) is 4.31 Å². The number of sulfonamides is 1. The molecule has 1 unspecified atom stereocenters. The van der Waals surface area contributed by atoms with Crippen molar-refractivity contribution >= 4 is 33.4 Å². The third kappa shape index (κ3) is 8.79. The van der Waals surface area contributed by atoms with Gasteiger partial charge in [0.1, 0.15) is 0 Å². The third-order valence-electron chi connectivity index (χ3n) is 7.14. The molecule has 1 aromatic carbocycles. The molecule has 0 N–H and O–H groups in total. The van der Waals surface area contributed by atoms with Crippen LogP contribution in [0.15, 0.2) is 77.7 Å². The maximum Gasteiger partial charge on any atom is 0.211 e. The molecule has 0 amide bonds. The molecular formula is C32H46ClN3O2S. The van der Waals surface area contributed by atoms with Crippen LogP contribution in [0.5, 0.6) is 0 Å². The number of allylic oxidation sites excluding steroid dienone is 4. The van der Waals surface area contributed by atoms with E-state index in [4.69, 9.17) is 16.6 Å². The Morgan fingerprint density at radius 2 is 1.92 bits per heavy atom. The summed E-state index contributed by atoms with van der Waals surface area (Å²) in [7, 11) is -3.20. The highest BCUT2D eigenvalue weighted by Crippen LogP contribution is 2.43. The number of hydrogen-bond acceptors (Lipinski definition) is 4. The van der Waals surface area contributed by atoms with Crippen molar-refractivity contribution in [2.75, 3.05) is 25.9 Å². The number of rotatable bonds is 9. The monoisotopic (exact) mass is 571 g/mol. The zero-order valence-corrected chi connectivity index (χ0v) is 26.2. The van der Waals surface area contributed by atoms with Crippen molar-refractivity contribution < 1.29 is 8.42 Å². The van der Waals surface area contributed by atoms with Crippen LogP contribution in [0.25, 0.3) is 6.08 Å². The van der Waals surface area contributed by atoms with Crippen molar-refractivity contribution in [3.8, 4) is 0 Å². The van der Waals surface area contributed by atoms with Crippen LogP contribution in [0, 0.1) is 5.92 Å². The Bertz CT molecular complexity index is 1240. The van der Waals surface area contributed by atoms with E-state index in [1.807, 2.05) is 58.3 Å². The standard InChI is InChI=1S/C30H40ClN3O2S.C2H6/c1-7-9-15-32-30-23(5)25(12-17-33(16-8-2)22(3)4)20-26-21-27(31)10-11-28(26)29(30)24-13-18-34(19-14-24)37(6,35)36;1-2/h8-11,15-16,20-21,24,29H,3,5,7,12-14,17-19H2,1-2,4,6H3;1-2H3/b15-9-,16-8-,32-30?;. The smallest absolute Gasteiger partial charge is 0.211 e. The average molecular weight is 572 g/mol. The molecule has 0 radical (unpaired) electrons. The van der Waals surface area contributed by atoms with E-state index in [9.17, 15) is 8.42 Å². The normalized spacial score (nSPS) is 20.0. The number of halogens is 1. The summed E-state index contributed by atoms with van der Waals surface area (Å²) in [5.74, 6) is 0.246. The highest BCUT2D eigenvalue weighted by atomic mass is 35.5. The number of piperidine rings is 1. The fourth-order valence-electron chi connectivity index (χ4n) is 5.18. The summed E-state index contributed by atoms with van der Waals surface area (Å²) in [6.07, 6.45) is 14.7. The molecule has 1 saturated heterocycles. The maximum absolute atomic E-state index is 12.2. The molecule has 0 aromatic heterocycles. The van der Waals surface area contributed by atoms with Crippen molar-refractivity contribution in [3.05, 3.63) is 88.9 Å². The molecule has 0 saturated carbocycles. The Kier molecular flexibility index (Phi) is 12.9. The number of hydrogen-bond donors (Lipinski definition) is 0. The van der Waals surface area contributed by atoms with E-state index in [1.165, 1.54) is 11.8 Å². The van der Waals surface area contributed by atoms with Crippen LogP contribution in [0.1, 0.15) is 77.3 Å². The van der Waals surface area contributed by atoms with Crippen molar-refractivity contribution in [2.45, 2.75) is 66.2 Å². The summed E-state index contributed by atoms with van der Waals surface area (Å²) in [5, 5.41) is 0.689. The summed E-state index contributed by atoms with van der Waals surface area (Å²) in [6, 6.07) is 6.07. The van der Waals surface area contributed by atoms with Gasteiger partial charge in [-0.15, -0.1) is 0 Å². The maximum atomic E-state index is 12.2. The summed E-state index contributed by atoms with van der Waals surface area (Å²) >= 11 is 6.47. The minimum Gasteiger partial charge on any atom is -0.352 e. The zero-order valence-electron chi connectivity index (χ0n) is 24.6. The Morgan fingerprint density at radius 1 is 1.26 bits per heavy atom. The first-order valence-electron chi connectivity index (χ1n) is 14.0. The Hall–Kier alpha value is -2.41. The largest absolute Gasteiger partial charge is 0.352 e. The Balaban J connectivity index is 0.00000260. The summed E-state index contributed by atoms with van der Waals surface area (Å²) < 4.78 is 25.9. The van der Waals surface area contributed by atoms with Gasteiger partial charge in [0.25, 0.3) is 0 Å². The SMILES string of the molecule is C=C1C(CCN(/C=C\C)C(=C)C)=Cc2cc(Cl)ccc2C(C2CCN(S(C)(=O)=O)CC2)C1=N/C=C\CC.CC. The van der Waals surface area contributed by atoms with E-state index in [-0.39, 0.29) is 11.8 Å². The van der Waals surface area contributed by atoms with Gasteiger partial charge in [-0.3, -0.25) is 4.99 Å². The number of aliphatic imine (C=N–C) groups is 1. The second-order valence-electron chi connectivity index (χ2n) is 9.87. The van der Waals surface area contributed by atoms with E-state index in [2.05, 4.69) is 43.2 Å². The van der Waals surface area contributed by atoms with Crippen molar-refractivity contribution in [1.82, 2.24) is 9.21 Å². The lowest BCUT2D eigenvalue weighted by molar-refractivity contribution is 0.265. The van der Waals surface area contributed by atoms with Gasteiger partial charge in [-0.2, -0.15) is 0 Å². The molecule has 39 heavy (non-hydrogen) atoms. The van der Waals surface area contributed by atoms with Crippen molar-refractivity contribution in [1.29, 1.82) is 0 Å². The van der Waals surface area contributed by atoms with Crippen LogP contribution in [0.3, 0.4) is 0 Å². The molecule has 7 heteroatoms. The highest BCUT2D eigenvalue weighted by Gasteiger charge is 2.37. The molecule has 1 aliphatic heterocycles. The highest BCUT2D eigenvalue weighted by molar-refractivity contribution is 7.88. The fraction of sp³-hybridized carbons (Fsp3) is 0.469. The predicted octanol–water partition coefficient (Wildman–Crippen LogP) is 8.20. The molecule has 0 spiro atoms. The minimum atomic E-state index is -3.20. The molecule has 1 heterocycles. The lowest BCUT2D eigenvalue weighted by Crippen LogP contribution is -2.40. The van der Waals surface area contributed by atoms with E-state index < -0.39 is 10.0 Å². The van der Waals surface area contributed by atoms with E-state index >= 15 is 0 Å². The molecule has 2 aliphatic rings. The molecular weight excluding hydrogens is 526 g/mol. The second-order valence-corrected chi connectivity index (χ2v) is 12.3. The molecule has 3 rings (SSSR count). The molecule has 1 fully saturated rings. The van der Waals surface area contributed by atoms with Crippen LogP contribution in [-0.2, 0) is 10.0 Å². The van der Waals surface area contributed by atoms with Crippen LogP contribution in [0.2, 0.25) is 5.02 Å². The first-order valence-corrected chi connectivity index (χ1v) is 16.2. The predicted molar refractivity (Wildman–Crippen MR) is 170 cm³/mol. The molecule has 1 atom stereocenters. The number of benzene rings is 1. The van der Waals surface area contributed by atoms with Crippen molar-refractivity contribution in [2.24, 2.45) is 10.9 Å². The van der Waals surface area contributed by atoms with Crippen LogP contribution >= 0.6 is 11.6 Å². The molecule has 214 valence electrons. The average Bonchev–Trinajstić information content (AvgIpc) is 3.01. The lowest BCUT2D eigenvalue weighted by Gasteiger charge is -2.36. The van der Waals surface area contributed by atoms with Gasteiger partial charge in [0, 0.05) is 42.5 Å². The third-order valence-corrected chi connectivity index (χ3v) is 8.68. The van der Waals surface area contributed by atoms with Gasteiger partial charge in [-0.25, -0.2) is 12.7 Å². The fourth-order valence-corrected chi connectivity index (χ4v) is 6.23. The molecule has 5 nitrogen and oxygen atoms in total. The lowest BCUT2D eigenvalue weighted by atomic mass is 9.75. The summed E-state index contributed by atoms with van der Waals surface area (Å²) in [6.45, 7) is 20.6. The van der Waals surface area contributed by atoms with Gasteiger partial charge < -0.3 is 4.90 Å². The van der Waals surface area contributed by atoms with Crippen molar-refractivity contribution in [3.63, 3.8) is 0 Å². The van der Waals surface area contributed by atoms with Crippen LogP contribution in [-0.4, -0.2) is 49.2 Å². The van der Waals surface area contributed by atoms with Gasteiger partial charge in [0.2, 0.25) is 10.0 Å². The first kappa shape index (κ1) is 32.8. The molecule has 1 aromatic rings. The molecule has 1 aliphatic carbocycles. The van der Waals surface area contributed by atoms with Crippen LogP contribution < -0.4 is 0 Å². The summed E-state index contributed by atoms with van der Waals surface area (Å²) in [5.41, 5.74) is 6.26. The number of nitrogens with zero attached hydrogens (tertiary/aromatic N) is 3. The van der Waals surface area contributed by atoms with E-state index in [0.717, 1.165) is 60.3 Å².